The molecule has 0 aromatic carbocycles. The molecule has 0 bridgehead atoms. The summed E-state index contributed by atoms with van der Waals surface area (Å²) in [6.07, 6.45) is 5.00. The maximum atomic E-state index is 10.5. The van der Waals surface area contributed by atoms with Gasteiger partial charge in [0.2, 0.25) is 0 Å². The topological polar surface area (TPSA) is 46.2 Å². The van der Waals surface area contributed by atoms with Gasteiger partial charge in [-0.05, 0) is 43.4 Å². The zero-order valence-corrected chi connectivity index (χ0v) is 9.64. The number of rotatable bonds is 1. The molecule has 0 amide bonds. The summed E-state index contributed by atoms with van der Waals surface area (Å²) in [5.74, 6) is 0.508. The first-order valence-electron chi connectivity index (χ1n) is 5.80. The van der Waals surface area contributed by atoms with Crippen LogP contribution in [0, 0.1) is 11.3 Å². The number of aliphatic hydroxyl groups is 1. The third-order valence-electron chi connectivity index (χ3n) is 4.66. The van der Waals surface area contributed by atoms with Crippen molar-refractivity contribution in [3.63, 3.8) is 0 Å². The van der Waals surface area contributed by atoms with Gasteiger partial charge in [-0.2, -0.15) is 0 Å². The quantitative estimate of drug-likeness (QED) is 0.676. The van der Waals surface area contributed by atoms with Crippen molar-refractivity contribution in [1.29, 1.82) is 0 Å². The molecule has 2 aliphatic carbocycles. The van der Waals surface area contributed by atoms with Crippen molar-refractivity contribution in [3.8, 4) is 0 Å². The summed E-state index contributed by atoms with van der Waals surface area (Å²) < 4.78 is 0. The van der Waals surface area contributed by atoms with E-state index in [0.717, 1.165) is 32.1 Å². The van der Waals surface area contributed by atoms with E-state index in [2.05, 4.69) is 20.8 Å². The molecule has 2 aliphatic rings. The Morgan fingerprint density at radius 1 is 1.14 bits per heavy atom. The normalized spacial score (nSPS) is 44.8. The van der Waals surface area contributed by atoms with Crippen molar-refractivity contribution in [2.75, 3.05) is 0 Å². The molecule has 82 valence electrons. The highest BCUT2D eigenvalue weighted by atomic mass is 16.3. The second-order valence-electron chi connectivity index (χ2n) is 6.34. The molecule has 0 heterocycles. The van der Waals surface area contributed by atoms with Crippen LogP contribution in [-0.4, -0.2) is 16.2 Å². The van der Waals surface area contributed by atoms with Gasteiger partial charge in [-0.25, -0.2) is 0 Å². The molecule has 3 N–H and O–H groups in total. The minimum Gasteiger partial charge on any atom is -0.388 e. The van der Waals surface area contributed by atoms with Gasteiger partial charge in [0.1, 0.15) is 0 Å². The molecule has 0 saturated heterocycles. The summed E-state index contributed by atoms with van der Waals surface area (Å²) in [7, 11) is 0. The molecule has 2 rings (SSSR count). The highest BCUT2D eigenvalue weighted by molar-refractivity contribution is 5.19. The Hall–Kier alpha value is -0.0800. The van der Waals surface area contributed by atoms with Crippen LogP contribution in [0.1, 0.15) is 52.9 Å². The maximum absolute atomic E-state index is 10.5. The van der Waals surface area contributed by atoms with Crippen LogP contribution in [0.2, 0.25) is 0 Å². The minimum absolute atomic E-state index is 0.260. The minimum atomic E-state index is -0.568. The Kier molecular flexibility index (Phi) is 2.04. The molecule has 2 heteroatoms. The first kappa shape index (κ1) is 10.4. The SMILES string of the molecule is CC1CC1(N)C1(O)CCC(C)(C)CC1. The van der Waals surface area contributed by atoms with Gasteiger partial charge in [0.05, 0.1) is 5.60 Å². The summed E-state index contributed by atoms with van der Waals surface area (Å²) in [6, 6.07) is 0. The van der Waals surface area contributed by atoms with Crippen LogP contribution in [-0.2, 0) is 0 Å². The third kappa shape index (κ3) is 1.40. The number of hydrogen-bond acceptors (Lipinski definition) is 2. The van der Waals surface area contributed by atoms with Crippen molar-refractivity contribution in [3.05, 3.63) is 0 Å². The van der Waals surface area contributed by atoms with Gasteiger partial charge >= 0.3 is 0 Å². The summed E-state index contributed by atoms with van der Waals surface area (Å²) >= 11 is 0. The molecule has 2 atom stereocenters. The van der Waals surface area contributed by atoms with Gasteiger partial charge in [0, 0.05) is 5.54 Å². The standard InChI is InChI=1S/C12H23NO/c1-9-8-12(9,13)11(14)6-4-10(2,3)5-7-11/h9,14H,4-8,13H2,1-3H3. The summed E-state index contributed by atoms with van der Waals surface area (Å²) in [6.45, 7) is 6.72. The second-order valence-corrected chi connectivity index (χ2v) is 6.34. The van der Waals surface area contributed by atoms with E-state index in [4.69, 9.17) is 5.73 Å². The van der Waals surface area contributed by atoms with E-state index in [-0.39, 0.29) is 5.54 Å². The van der Waals surface area contributed by atoms with Gasteiger partial charge in [0.15, 0.2) is 0 Å². The van der Waals surface area contributed by atoms with Crippen molar-refractivity contribution < 1.29 is 5.11 Å². The van der Waals surface area contributed by atoms with Crippen molar-refractivity contribution in [2.24, 2.45) is 17.1 Å². The van der Waals surface area contributed by atoms with E-state index >= 15 is 0 Å². The molecule has 2 fully saturated rings. The lowest BCUT2D eigenvalue weighted by atomic mass is 9.67. The lowest BCUT2D eigenvalue weighted by Gasteiger charge is -2.44. The predicted molar refractivity (Wildman–Crippen MR) is 57.9 cm³/mol. The fourth-order valence-corrected chi connectivity index (χ4v) is 2.90. The van der Waals surface area contributed by atoms with Gasteiger partial charge in [-0.3, -0.25) is 0 Å². The van der Waals surface area contributed by atoms with Crippen LogP contribution in [0.5, 0.6) is 0 Å². The van der Waals surface area contributed by atoms with E-state index in [1.54, 1.807) is 0 Å². The fraction of sp³-hybridized carbons (Fsp3) is 1.00. The Labute approximate surface area is 86.9 Å². The van der Waals surface area contributed by atoms with E-state index in [0.29, 0.717) is 11.3 Å². The molecule has 0 aliphatic heterocycles. The highest BCUT2D eigenvalue weighted by Gasteiger charge is 2.62. The van der Waals surface area contributed by atoms with Gasteiger partial charge < -0.3 is 10.8 Å². The maximum Gasteiger partial charge on any atom is 0.0829 e. The zero-order valence-electron chi connectivity index (χ0n) is 9.64. The van der Waals surface area contributed by atoms with Crippen molar-refractivity contribution in [2.45, 2.75) is 64.0 Å². The van der Waals surface area contributed by atoms with Gasteiger partial charge in [-0.15, -0.1) is 0 Å². The van der Waals surface area contributed by atoms with E-state index in [1.807, 2.05) is 0 Å². The van der Waals surface area contributed by atoms with E-state index in [9.17, 15) is 5.11 Å². The average molecular weight is 197 g/mol. The fourth-order valence-electron chi connectivity index (χ4n) is 2.90. The van der Waals surface area contributed by atoms with Crippen molar-refractivity contribution >= 4 is 0 Å². The Morgan fingerprint density at radius 2 is 1.57 bits per heavy atom. The van der Waals surface area contributed by atoms with Crippen LogP contribution in [0.3, 0.4) is 0 Å². The Morgan fingerprint density at radius 3 is 1.93 bits per heavy atom. The monoisotopic (exact) mass is 197 g/mol. The molecule has 0 aromatic rings. The van der Waals surface area contributed by atoms with Crippen LogP contribution >= 0.6 is 0 Å². The second kappa shape index (κ2) is 2.73. The lowest BCUT2D eigenvalue weighted by Crippen LogP contribution is -2.54. The number of nitrogens with two attached hydrogens (primary N) is 1. The molecule has 2 nitrogen and oxygen atoms in total. The highest BCUT2D eigenvalue weighted by Crippen LogP contribution is 2.55. The zero-order chi connectivity index (χ0) is 10.6. The molecule has 0 spiro atoms. The van der Waals surface area contributed by atoms with Crippen LogP contribution in [0.15, 0.2) is 0 Å². The third-order valence-corrected chi connectivity index (χ3v) is 4.66. The molecular weight excluding hydrogens is 174 g/mol. The van der Waals surface area contributed by atoms with Gasteiger partial charge in [-0.1, -0.05) is 20.8 Å². The molecular formula is C12H23NO. The molecule has 2 saturated carbocycles. The molecule has 0 radical (unpaired) electrons. The molecule has 2 unspecified atom stereocenters. The average Bonchev–Trinajstić information content (AvgIpc) is 2.69. The summed E-state index contributed by atoms with van der Waals surface area (Å²) in [5, 5.41) is 10.5. The summed E-state index contributed by atoms with van der Waals surface area (Å²) in [4.78, 5) is 0. The largest absolute Gasteiger partial charge is 0.388 e. The van der Waals surface area contributed by atoms with Crippen LogP contribution < -0.4 is 5.73 Å². The number of hydrogen-bond donors (Lipinski definition) is 2. The van der Waals surface area contributed by atoms with E-state index in [1.165, 1.54) is 0 Å². The molecule has 14 heavy (non-hydrogen) atoms. The Balaban J connectivity index is 2.06. The Bertz CT molecular complexity index is 239. The first-order chi connectivity index (χ1) is 6.29. The van der Waals surface area contributed by atoms with Crippen LogP contribution in [0.4, 0.5) is 0 Å². The lowest BCUT2D eigenvalue weighted by molar-refractivity contribution is -0.0573. The first-order valence-corrected chi connectivity index (χ1v) is 5.80. The van der Waals surface area contributed by atoms with E-state index < -0.39 is 5.60 Å². The van der Waals surface area contributed by atoms with Crippen LogP contribution in [0.25, 0.3) is 0 Å². The smallest absolute Gasteiger partial charge is 0.0829 e. The predicted octanol–water partition coefficient (Wildman–Crippen LogP) is 2.05. The molecule has 0 aromatic heterocycles. The summed E-state index contributed by atoms with van der Waals surface area (Å²) in [5.41, 5.74) is 5.81. The van der Waals surface area contributed by atoms with Gasteiger partial charge in [0.25, 0.3) is 0 Å². The van der Waals surface area contributed by atoms with Crippen molar-refractivity contribution in [1.82, 2.24) is 0 Å².